The lowest BCUT2D eigenvalue weighted by Gasteiger charge is -2.10. The van der Waals surface area contributed by atoms with Gasteiger partial charge in [0.1, 0.15) is 0 Å². The predicted molar refractivity (Wildman–Crippen MR) is 77.5 cm³/mol. The summed E-state index contributed by atoms with van der Waals surface area (Å²) < 4.78 is 45.9. The lowest BCUT2D eigenvalue weighted by atomic mass is 10.2. The first-order valence-electron chi connectivity index (χ1n) is 4.53. The topological polar surface area (TPSA) is 68.3 Å². The first-order valence-corrected chi connectivity index (χ1v) is 10.9. The molecule has 1 rings (SSSR count). The number of benzene rings is 1. The van der Waals surface area contributed by atoms with Crippen molar-refractivity contribution in [2.75, 3.05) is 12.5 Å². The fourth-order valence-electron chi connectivity index (χ4n) is 1.38. The molecule has 9 heteroatoms. The molecule has 0 atom stereocenters. The molecule has 4 nitrogen and oxygen atoms in total. The Bertz CT molecular complexity index is 667. The highest BCUT2D eigenvalue weighted by atomic mass is 79.9. The van der Waals surface area contributed by atoms with Crippen LogP contribution in [0, 0.1) is 0 Å². The van der Waals surface area contributed by atoms with Crippen LogP contribution in [0.15, 0.2) is 26.4 Å². The molecule has 0 radical (unpaired) electrons. The zero-order valence-electron chi connectivity index (χ0n) is 9.48. The van der Waals surface area contributed by atoms with Crippen LogP contribution in [0.5, 0.6) is 0 Å². The van der Waals surface area contributed by atoms with Crippen LogP contribution in [0.25, 0.3) is 0 Å². The van der Waals surface area contributed by atoms with Gasteiger partial charge in [0.25, 0.3) is 0 Å². The molecule has 0 bridgehead atoms. The summed E-state index contributed by atoms with van der Waals surface area (Å²) in [6.45, 7) is 0. The van der Waals surface area contributed by atoms with Gasteiger partial charge in [-0.25, -0.2) is 16.8 Å². The molecule has 0 fully saturated rings. The van der Waals surface area contributed by atoms with Crippen LogP contribution in [0.3, 0.4) is 0 Å². The van der Waals surface area contributed by atoms with Gasteiger partial charge in [-0.15, -0.1) is 11.8 Å². The van der Waals surface area contributed by atoms with Gasteiger partial charge in [0.2, 0.25) is 9.05 Å². The molecule has 0 aliphatic carbocycles. The van der Waals surface area contributed by atoms with Crippen molar-refractivity contribution in [3.63, 3.8) is 0 Å². The Labute approximate surface area is 124 Å². The molecule has 1 aromatic carbocycles. The number of sulfone groups is 1. The number of halogens is 2. The molecule has 102 valence electrons. The van der Waals surface area contributed by atoms with Crippen LogP contribution in [0.1, 0.15) is 5.56 Å². The van der Waals surface area contributed by atoms with Crippen molar-refractivity contribution in [3.8, 4) is 0 Å². The van der Waals surface area contributed by atoms with Crippen molar-refractivity contribution < 1.29 is 16.8 Å². The van der Waals surface area contributed by atoms with Crippen molar-refractivity contribution in [2.24, 2.45) is 0 Å². The third-order valence-electron chi connectivity index (χ3n) is 2.01. The van der Waals surface area contributed by atoms with Gasteiger partial charge in [-0.3, -0.25) is 0 Å². The minimum Gasteiger partial charge on any atom is -0.224 e. The molecule has 0 unspecified atom stereocenters. The van der Waals surface area contributed by atoms with Crippen LogP contribution >= 0.6 is 38.4 Å². The van der Waals surface area contributed by atoms with E-state index in [-0.39, 0.29) is 4.90 Å². The molecule has 0 heterocycles. The van der Waals surface area contributed by atoms with E-state index in [1.54, 1.807) is 12.3 Å². The SMILES string of the molecule is CSc1c(Br)cc(CS(=O)(=O)Cl)cc1S(C)(=O)=O. The minimum atomic E-state index is -3.73. The lowest BCUT2D eigenvalue weighted by Crippen LogP contribution is -2.03. The summed E-state index contributed by atoms with van der Waals surface area (Å²) in [5, 5.41) is 0. The van der Waals surface area contributed by atoms with Gasteiger partial charge >= 0.3 is 0 Å². The third-order valence-corrected chi connectivity index (χ3v) is 6.00. The van der Waals surface area contributed by atoms with Gasteiger partial charge in [0.05, 0.1) is 10.6 Å². The highest BCUT2D eigenvalue weighted by Gasteiger charge is 2.19. The number of rotatable bonds is 4. The second-order valence-corrected chi connectivity index (χ2v) is 10.00. The Morgan fingerprint density at radius 2 is 1.83 bits per heavy atom. The average Bonchev–Trinajstić information content (AvgIpc) is 2.12. The molecule has 0 saturated carbocycles. The van der Waals surface area contributed by atoms with E-state index in [9.17, 15) is 16.8 Å². The van der Waals surface area contributed by atoms with Crippen LogP contribution in [0.4, 0.5) is 0 Å². The fourth-order valence-corrected chi connectivity index (χ4v) is 5.48. The maximum absolute atomic E-state index is 11.7. The summed E-state index contributed by atoms with van der Waals surface area (Å²) in [5.41, 5.74) is 0.329. The van der Waals surface area contributed by atoms with E-state index in [0.29, 0.717) is 14.9 Å². The molecular weight excluding hydrogens is 384 g/mol. The van der Waals surface area contributed by atoms with E-state index in [1.807, 2.05) is 0 Å². The summed E-state index contributed by atoms with van der Waals surface area (Å²) in [6, 6.07) is 2.90. The number of hydrogen-bond acceptors (Lipinski definition) is 5. The van der Waals surface area contributed by atoms with E-state index in [0.717, 1.165) is 6.26 Å². The van der Waals surface area contributed by atoms with Crippen molar-refractivity contribution in [2.45, 2.75) is 15.5 Å². The minimum absolute atomic E-state index is 0.0969. The Morgan fingerprint density at radius 1 is 1.28 bits per heavy atom. The molecule has 0 amide bonds. The second kappa shape index (κ2) is 5.70. The molecule has 1 aromatic rings. The van der Waals surface area contributed by atoms with Gasteiger partial charge in [-0.2, -0.15) is 0 Å². The van der Waals surface area contributed by atoms with Crippen molar-refractivity contribution in [1.82, 2.24) is 0 Å². The van der Waals surface area contributed by atoms with Gasteiger partial charge in [0.15, 0.2) is 9.84 Å². The quantitative estimate of drug-likeness (QED) is 0.581. The maximum atomic E-state index is 11.7. The normalized spacial score (nSPS) is 12.7. The van der Waals surface area contributed by atoms with Gasteiger partial charge in [-0.1, -0.05) is 0 Å². The molecule has 0 aromatic heterocycles. The average molecular weight is 394 g/mol. The van der Waals surface area contributed by atoms with Crippen LogP contribution < -0.4 is 0 Å². The molecule has 0 aliphatic heterocycles. The van der Waals surface area contributed by atoms with E-state index >= 15 is 0 Å². The van der Waals surface area contributed by atoms with E-state index in [1.165, 1.54) is 17.8 Å². The molecule has 18 heavy (non-hydrogen) atoms. The predicted octanol–water partition coefficient (Wildman–Crippen LogP) is 2.64. The van der Waals surface area contributed by atoms with Crippen LogP contribution in [0.2, 0.25) is 0 Å². The van der Waals surface area contributed by atoms with Crippen LogP contribution in [-0.2, 0) is 24.6 Å². The molecular formula is C9H10BrClO4S3. The van der Waals surface area contributed by atoms with Crippen LogP contribution in [-0.4, -0.2) is 29.3 Å². The Morgan fingerprint density at radius 3 is 2.22 bits per heavy atom. The zero-order chi connectivity index (χ0) is 14.1. The van der Waals surface area contributed by atoms with Crippen molar-refractivity contribution >= 4 is 57.3 Å². The highest BCUT2D eigenvalue weighted by molar-refractivity contribution is 9.10. The first-order chi connectivity index (χ1) is 8.04. The van der Waals surface area contributed by atoms with Crippen molar-refractivity contribution in [1.29, 1.82) is 0 Å². The zero-order valence-corrected chi connectivity index (χ0v) is 14.3. The van der Waals surface area contributed by atoms with E-state index < -0.39 is 24.6 Å². The first kappa shape index (κ1) is 16.3. The molecule has 0 aliphatic rings. The van der Waals surface area contributed by atoms with Gasteiger partial charge < -0.3 is 0 Å². The Hall–Kier alpha value is 0.240. The smallest absolute Gasteiger partial charge is 0.224 e. The largest absolute Gasteiger partial charge is 0.236 e. The van der Waals surface area contributed by atoms with Gasteiger partial charge in [0, 0.05) is 26.3 Å². The summed E-state index contributed by atoms with van der Waals surface area (Å²) >= 11 is 4.50. The van der Waals surface area contributed by atoms with E-state index in [4.69, 9.17) is 10.7 Å². The van der Waals surface area contributed by atoms with Crippen molar-refractivity contribution in [3.05, 3.63) is 22.2 Å². The fraction of sp³-hybridized carbons (Fsp3) is 0.333. The van der Waals surface area contributed by atoms with Gasteiger partial charge in [-0.05, 0) is 39.9 Å². The monoisotopic (exact) mass is 392 g/mol. The second-order valence-electron chi connectivity index (χ2n) is 3.56. The highest BCUT2D eigenvalue weighted by Crippen LogP contribution is 2.34. The summed E-state index contributed by atoms with van der Waals surface area (Å²) in [7, 11) is -2.00. The number of thioether (sulfide) groups is 1. The maximum Gasteiger partial charge on any atom is 0.236 e. The summed E-state index contributed by atoms with van der Waals surface area (Å²) in [5.74, 6) is -0.412. The molecule has 0 saturated heterocycles. The lowest BCUT2D eigenvalue weighted by molar-refractivity contribution is 0.598. The summed E-state index contributed by atoms with van der Waals surface area (Å²) in [4.78, 5) is 0.646. The molecule has 0 spiro atoms. The van der Waals surface area contributed by atoms with E-state index in [2.05, 4.69) is 15.9 Å². The Balaban J connectivity index is 3.50. The Kier molecular flexibility index (Phi) is 5.16. The summed E-state index contributed by atoms with van der Waals surface area (Å²) in [6.07, 6.45) is 2.82. The third kappa shape index (κ3) is 4.41. The molecule has 0 N–H and O–H groups in total. The number of hydrogen-bond donors (Lipinski definition) is 0. The standard InChI is InChI=1S/C9H10BrClO4S3/c1-16-9-7(10)3-6(5-18(11,14)15)4-8(9)17(2,12)13/h3-4H,5H2,1-2H3.